The molecule has 1 aliphatic rings. The van der Waals surface area contributed by atoms with Gasteiger partial charge in [-0.1, -0.05) is 0 Å². The zero-order valence-corrected chi connectivity index (χ0v) is 10.3. The Labute approximate surface area is 92.1 Å². The standard InChI is InChI=1S/C10H21NO3S/c1-14-10(8-5-6-8)9(11)4-3-7-15(2,12)13/h8-10H,3-7,11H2,1-2H3. The summed E-state index contributed by atoms with van der Waals surface area (Å²) in [6.45, 7) is 0. The van der Waals surface area contributed by atoms with Crippen LogP contribution in [0.25, 0.3) is 0 Å². The van der Waals surface area contributed by atoms with Crippen LogP contribution in [0.5, 0.6) is 0 Å². The molecule has 1 rings (SSSR count). The molecule has 0 aromatic heterocycles. The van der Waals surface area contributed by atoms with Crippen LogP contribution < -0.4 is 5.73 Å². The third-order valence-electron chi connectivity index (χ3n) is 2.83. The Morgan fingerprint density at radius 1 is 1.47 bits per heavy atom. The fourth-order valence-corrected chi connectivity index (χ4v) is 2.58. The molecule has 0 heterocycles. The summed E-state index contributed by atoms with van der Waals surface area (Å²) in [5.41, 5.74) is 5.98. The lowest BCUT2D eigenvalue weighted by atomic mass is 10.0. The van der Waals surface area contributed by atoms with Crippen molar-refractivity contribution in [1.82, 2.24) is 0 Å². The van der Waals surface area contributed by atoms with Crippen molar-refractivity contribution in [1.29, 1.82) is 0 Å². The van der Waals surface area contributed by atoms with Crippen molar-refractivity contribution in [3.05, 3.63) is 0 Å². The molecule has 0 aliphatic heterocycles. The number of hydrogen-bond acceptors (Lipinski definition) is 4. The molecular weight excluding hydrogens is 214 g/mol. The summed E-state index contributed by atoms with van der Waals surface area (Å²) in [4.78, 5) is 0. The summed E-state index contributed by atoms with van der Waals surface area (Å²) in [5.74, 6) is 0.824. The van der Waals surface area contributed by atoms with Gasteiger partial charge in [0.05, 0.1) is 6.10 Å². The highest BCUT2D eigenvalue weighted by Gasteiger charge is 2.34. The molecular formula is C10H21NO3S. The Balaban J connectivity index is 2.25. The van der Waals surface area contributed by atoms with E-state index in [0.717, 1.165) is 6.42 Å². The van der Waals surface area contributed by atoms with Gasteiger partial charge in [0.15, 0.2) is 0 Å². The summed E-state index contributed by atoms with van der Waals surface area (Å²) < 4.78 is 27.2. The van der Waals surface area contributed by atoms with Gasteiger partial charge in [-0.15, -0.1) is 0 Å². The predicted molar refractivity (Wildman–Crippen MR) is 60.4 cm³/mol. The first-order valence-corrected chi connectivity index (χ1v) is 7.46. The maximum Gasteiger partial charge on any atom is 0.147 e. The van der Waals surface area contributed by atoms with E-state index < -0.39 is 9.84 Å². The van der Waals surface area contributed by atoms with E-state index in [4.69, 9.17) is 10.5 Å². The highest BCUT2D eigenvalue weighted by atomic mass is 32.2. The largest absolute Gasteiger partial charge is 0.380 e. The maximum atomic E-state index is 10.9. The van der Waals surface area contributed by atoms with Crippen molar-refractivity contribution in [2.24, 2.45) is 11.7 Å². The number of methoxy groups -OCH3 is 1. The Morgan fingerprint density at radius 2 is 2.07 bits per heavy atom. The molecule has 0 amide bonds. The molecule has 0 saturated heterocycles. The fraction of sp³-hybridized carbons (Fsp3) is 1.00. The van der Waals surface area contributed by atoms with Crippen LogP contribution in [0.1, 0.15) is 25.7 Å². The summed E-state index contributed by atoms with van der Waals surface area (Å²) in [7, 11) is -1.17. The van der Waals surface area contributed by atoms with Gasteiger partial charge in [-0.05, 0) is 31.6 Å². The summed E-state index contributed by atoms with van der Waals surface area (Å²) in [6.07, 6.45) is 5.11. The molecule has 0 bridgehead atoms. The first kappa shape index (κ1) is 12.9. The van der Waals surface area contributed by atoms with E-state index in [-0.39, 0.29) is 17.9 Å². The van der Waals surface area contributed by atoms with Gasteiger partial charge < -0.3 is 10.5 Å². The topological polar surface area (TPSA) is 69.4 Å². The molecule has 4 nitrogen and oxygen atoms in total. The first-order valence-electron chi connectivity index (χ1n) is 5.40. The van der Waals surface area contributed by atoms with Crippen LogP contribution in [0.3, 0.4) is 0 Å². The molecule has 15 heavy (non-hydrogen) atoms. The van der Waals surface area contributed by atoms with Crippen LogP contribution >= 0.6 is 0 Å². The van der Waals surface area contributed by atoms with E-state index in [0.29, 0.717) is 12.3 Å². The Hall–Kier alpha value is -0.130. The Morgan fingerprint density at radius 3 is 2.47 bits per heavy atom. The zero-order chi connectivity index (χ0) is 11.5. The van der Waals surface area contributed by atoms with Crippen molar-refractivity contribution in [3.63, 3.8) is 0 Å². The summed E-state index contributed by atoms with van der Waals surface area (Å²) in [6, 6.07) is -0.0238. The van der Waals surface area contributed by atoms with Gasteiger partial charge in [-0.25, -0.2) is 8.42 Å². The van der Waals surface area contributed by atoms with Crippen LogP contribution in [0.2, 0.25) is 0 Å². The second-order valence-corrected chi connectivity index (χ2v) is 6.73. The van der Waals surface area contributed by atoms with Crippen molar-refractivity contribution < 1.29 is 13.2 Å². The lowest BCUT2D eigenvalue weighted by Gasteiger charge is -2.22. The normalized spacial score (nSPS) is 21.3. The Kier molecular flexibility index (Phi) is 4.55. The number of ether oxygens (including phenoxy) is 1. The zero-order valence-electron chi connectivity index (χ0n) is 9.48. The van der Waals surface area contributed by atoms with E-state index in [1.807, 2.05) is 0 Å². The quantitative estimate of drug-likeness (QED) is 0.700. The second-order valence-electron chi connectivity index (χ2n) is 4.47. The fourth-order valence-electron chi connectivity index (χ4n) is 1.89. The third kappa shape index (κ3) is 4.95. The van der Waals surface area contributed by atoms with E-state index in [1.165, 1.54) is 19.1 Å². The maximum absolute atomic E-state index is 10.9. The second kappa shape index (κ2) is 5.27. The number of hydrogen-bond donors (Lipinski definition) is 1. The number of rotatable bonds is 7. The summed E-state index contributed by atoms with van der Waals surface area (Å²) in [5, 5.41) is 0. The van der Waals surface area contributed by atoms with Gasteiger partial charge in [-0.2, -0.15) is 0 Å². The van der Waals surface area contributed by atoms with Gasteiger partial charge in [0.1, 0.15) is 9.84 Å². The minimum absolute atomic E-state index is 0.0238. The van der Waals surface area contributed by atoms with Gasteiger partial charge in [-0.3, -0.25) is 0 Å². The minimum atomic E-state index is -2.85. The molecule has 5 heteroatoms. The molecule has 0 aromatic carbocycles. The molecule has 2 atom stereocenters. The molecule has 0 radical (unpaired) electrons. The SMILES string of the molecule is COC(C(N)CCCS(C)(=O)=O)C1CC1. The lowest BCUT2D eigenvalue weighted by Crippen LogP contribution is -2.38. The van der Waals surface area contributed by atoms with Crippen LogP contribution in [0.15, 0.2) is 0 Å². The monoisotopic (exact) mass is 235 g/mol. The van der Waals surface area contributed by atoms with Gasteiger partial charge >= 0.3 is 0 Å². The third-order valence-corrected chi connectivity index (χ3v) is 3.86. The number of nitrogens with two attached hydrogens (primary N) is 1. The molecule has 0 aromatic rings. The van der Waals surface area contributed by atoms with Crippen molar-refractivity contribution >= 4 is 9.84 Å². The average molecular weight is 235 g/mol. The molecule has 90 valence electrons. The van der Waals surface area contributed by atoms with Crippen molar-refractivity contribution in [3.8, 4) is 0 Å². The van der Waals surface area contributed by atoms with E-state index in [9.17, 15) is 8.42 Å². The van der Waals surface area contributed by atoms with Crippen LogP contribution in [-0.2, 0) is 14.6 Å². The number of sulfone groups is 1. The van der Waals surface area contributed by atoms with Crippen LogP contribution in [0.4, 0.5) is 0 Å². The molecule has 1 saturated carbocycles. The molecule has 1 aliphatic carbocycles. The van der Waals surface area contributed by atoms with E-state index >= 15 is 0 Å². The lowest BCUT2D eigenvalue weighted by molar-refractivity contribution is 0.0601. The predicted octanol–water partition coefficient (Wildman–Crippen LogP) is 0.563. The Bertz CT molecular complexity index is 285. The smallest absolute Gasteiger partial charge is 0.147 e. The summed E-state index contributed by atoms with van der Waals surface area (Å²) >= 11 is 0. The van der Waals surface area contributed by atoms with Gasteiger partial charge in [0.2, 0.25) is 0 Å². The van der Waals surface area contributed by atoms with Gasteiger partial charge in [0, 0.05) is 25.2 Å². The first-order chi connectivity index (χ1) is 6.94. The highest BCUT2D eigenvalue weighted by Crippen LogP contribution is 2.35. The van der Waals surface area contributed by atoms with Gasteiger partial charge in [0.25, 0.3) is 0 Å². The van der Waals surface area contributed by atoms with E-state index in [1.54, 1.807) is 7.11 Å². The van der Waals surface area contributed by atoms with Crippen molar-refractivity contribution in [2.45, 2.75) is 37.8 Å². The van der Waals surface area contributed by atoms with Crippen molar-refractivity contribution in [2.75, 3.05) is 19.1 Å². The molecule has 2 N–H and O–H groups in total. The van der Waals surface area contributed by atoms with Crippen LogP contribution in [-0.4, -0.2) is 39.7 Å². The average Bonchev–Trinajstić information content (AvgIpc) is 2.87. The molecule has 2 unspecified atom stereocenters. The van der Waals surface area contributed by atoms with E-state index in [2.05, 4.69) is 0 Å². The van der Waals surface area contributed by atoms with Crippen LogP contribution in [0, 0.1) is 5.92 Å². The molecule has 0 spiro atoms. The highest BCUT2D eigenvalue weighted by molar-refractivity contribution is 7.90. The minimum Gasteiger partial charge on any atom is -0.380 e. The molecule has 1 fully saturated rings.